The van der Waals surface area contributed by atoms with Crippen molar-refractivity contribution in [3.05, 3.63) is 33.5 Å². The molecule has 0 bridgehead atoms. The number of alkyl halides is 2. The predicted molar refractivity (Wildman–Crippen MR) is 36.7 cm³/mol. The molecule has 1 N–H and O–H groups in total. The smallest absolute Gasteiger partial charge is 0.264 e. The van der Waals surface area contributed by atoms with Crippen LogP contribution in [0, 0.1) is 12.9 Å². The molecule has 0 saturated carbocycles. The average Bonchev–Trinajstić information content (AvgIpc) is 1.96. The zero-order chi connectivity index (χ0) is 9.30. The van der Waals surface area contributed by atoms with Gasteiger partial charge in [0.1, 0.15) is 0 Å². The van der Waals surface area contributed by atoms with Crippen LogP contribution in [0.2, 0.25) is 0 Å². The van der Waals surface area contributed by atoms with E-state index in [4.69, 9.17) is 0 Å². The van der Waals surface area contributed by atoms with E-state index in [1.807, 2.05) is 0 Å². The first-order chi connectivity index (χ1) is 5.52. The molecule has 66 valence electrons. The molecule has 0 amide bonds. The third-order valence-corrected chi connectivity index (χ3v) is 1.52. The molecule has 0 unspecified atom stereocenters. The van der Waals surface area contributed by atoms with Crippen LogP contribution in [-0.4, -0.2) is 4.98 Å². The largest absolute Gasteiger partial charge is 0.299 e. The molecule has 1 aromatic rings. The molecule has 0 aliphatic rings. The Morgan fingerprint density at radius 3 is 2.58 bits per heavy atom. The van der Waals surface area contributed by atoms with Gasteiger partial charge in [-0.25, -0.2) is 8.78 Å². The number of halogens is 3. The number of aromatic nitrogens is 1. The van der Waals surface area contributed by atoms with Gasteiger partial charge in [0.25, 0.3) is 12.0 Å². The lowest BCUT2D eigenvalue weighted by molar-refractivity contribution is 0.149. The van der Waals surface area contributed by atoms with E-state index in [-0.39, 0.29) is 5.56 Å². The van der Waals surface area contributed by atoms with Gasteiger partial charge < -0.3 is 0 Å². The lowest BCUT2D eigenvalue weighted by Crippen LogP contribution is -2.14. The Morgan fingerprint density at radius 2 is 2.08 bits per heavy atom. The number of hydrogen-bond acceptors (Lipinski definition) is 1. The summed E-state index contributed by atoms with van der Waals surface area (Å²) in [6.45, 7) is 1.22. The van der Waals surface area contributed by atoms with Crippen molar-refractivity contribution in [3.63, 3.8) is 0 Å². The molecule has 0 aliphatic heterocycles. The fourth-order valence-corrected chi connectivity index (χ4v) is 0.841. The first kappa shape index (κ1) is 8.83. The molecule has 0 aliphatic carbocycles. The molecule has 1 rings (SSSR count). The predicted octanol–water partition coefficient (Wildman–Crippen LogP) is 1.76. The lowest BCUT2D eigenvalue weighted by atomic mass is 10.1. The first-order valence-corrected chi connectivity index (χ1v) is 3.20. The van der Waals surface area contributed by atoms with Crippen LogP contribution in [0.15, 0.2) is 10.9 Å². The second-order valence-corrected chi connectivity index (χ2v) is 2.33. The second kappa shape index (κ2) is 3.00. The highest BCUT2D eigenvalue weighted by Crippen LogP contribution is 2.19. The number of hydrogen-bond donors (Lipinski definition) is 1. The highest BCUT2D eigenvalue weighted by atomic mass is 19.3. The number of pyridine rings is 1. The van der Waals surface area contributed by atoms with Crippen LogP contribution in [-0.2, 0) is 0 Å². The standard InChI is InChI=1S/C7H6F3NO/c1-3-4(6(9)10)2-5(8)11-7(3)12/h2,6H,1H3,(H,11,12). The van der Waals surface area contributed by atoms with Crippen molar-refractivity contribution in [1.29, 1.82) is 0 Å². The quantitative estimate of drug-likeness (QED) is 0.651. The lowest BCUT2D eigenvalue weighted by Gasteiger charge is -2.02. The van der Waals surface area contributed by atoms with Gasteiger partial charge in [-0.1, -0.05) is 0 Å². The second-order valence-electron chi connectivity index (χ2n) is 2.33. The summed E-state index contributed by atoms with van der Waals surface area (Å²) in [6.07, 6.45) is -2.82. The van der Waals surface area contributed by atoms with E-state index in [0.717, 1.165) is 0 Å². The molecule has 12 heavy (non-hydrogen) atoms. The monoisotopic (exact) mass is 177 g/mol. The van der Waals surface area contributed by atoms with Crippen molar-refractivity contribution in [2.75, 3.05) is 0 Å². The Labute approximate surface area is 66.0 Å². The van der Waals surface area contributed by atoms with Crippen molar-refractivity contribution in [2.24, 2.45) is 0 Å². The zero-order valence-electron chi connectivity index (χ0n) is 6.20. The zero-order valence-corrected chi connectivity index (χ0v) is 6.20. The molecular weight excluding hydrogens is 171 g/mol. The summed E-state index contributed by atoms with van der Waals surface area (Å²) in [5.41, 5.74) is -1.52. The van der Waals surface area contributed by atoms with E-state index in [9.17, 15) is 18.0 Å². The summed E-state index contributed by atoms with van der Waals surface area (Å²) >= 11 is 0. The maximum atomic E-state index is 12.4. The molecule has 0 saturated heterocycles. The Bertz CT molecular complexity index is 345. The molecule has 1 heterocycles. The summed E-state index contributed by atoms with van der Waals surface area (Å²) in [5, 5.41) is 0. The van der Waals surface area contributed by atoms with Crippen LogP contribution in [0.25, 0.3) is 0 Å². The van der Waals surface area contributed by atoms with Gasteiger partial charge in [-0.3, -0.25) is 9.78 Å². The first-order valence-electron chi connectivity index (χ1n) is 3.20. The third-order valence-electron chi connectivity index (χ3n) is 1.52. The van der Waals surface area contributed by atoms with Gasteiger partial charge in [0.05, 0.1) is 0 Å². The number of rotatable bonds is 1. The Kier molecular flexibility index (Phi) is 2.21. The minimum absolute atomic E-state index is 0.147. The highest BCUT2D eigenvalue weighted by molar-refractivity contribution is 5.23. The molecule has 5 heteroatoms. The molecule has 0 fully saturated rings. The van der Waals surface area contributed by atoms with Crippen LogP contribution in [0.1, 0.15) is 17.6 Å². The van der Waals surface area contributed by atoms with E-state index in [1.54, 1.807) is 4.98 Å². The molecule has 2 nitrogen and oxygen atoms in total. The molecule has 0 aromatic carbocycles. The highest BCUT2D eigenvalue weighted by Gasteiger charge is 2.13. The molecular formula is C7H6F3NO. The maximum absolute atomic E-state index is 12.4. The average molecular weight is 177 g/mol. The minimum atomic E-state index is -2.82. The molecule has 0 spiro atoms. The minimum Gasteiger partial charge on any atom is -0.299 e. The Hall–Kier alpha value is -1.26. The Morgan fingerprint density at radius 1 is 1.50 bits per heavy atom. The van der Waals surface area contributed by atoms with Gasteiger partial charge in [0.15, 0.2) is 5.95 Å². The number of H-pyrrole nitrogens is 1. The van der Waals surface area contributed by atoms with E-state index in [1.165, 1.54) is 6.92 Å². The van der Waals surface area contributed by atoms with Crippen molar-refractivity contribution in [2.45, 2.75) is 13.3 Å². The van der Waals surface area contributed by atoms with E-state index in [0.29, 0.717) is 6.07 Å². The summed E-state index contributed by atoms with van der Waals surface area (Å²) in [5.74, 6) is -1.04. The van der Waals surface area contributed by atoms with E-state index in [2.05, 4.69) is 0 Å². The fraction of sp³-hybridized carbons (Fsp3) is 0.286. The summed E-state index contributed by atoms with van der Waals surface area (Å²) in [4.78, 5) is 12.5. The van der Waals surface area contributed by atoms with Gasteiger partial charge in [0.2, 0.25) is 0 Å². The third kappa shape index (κ3) is 1.49. The normalized spacial score (nSPS) is 10.8. The fourth-order valence-electron chi connectivity index (χ4n) is 0.841. The van der Waals surface area contributed by atoms with Crippen LogP contribution >= 0.6 is 0 Å². The van der Waals surface area contributed by atoms with Crippen molar-refractivity contribution in [1.82, 2.24) is 4.98 Å². The van der Waals surface area contributed by atoms with Crippen LogP contribution in [0.5, 0.6) is 0 Å². The van der Waals surface area contributed by atoms with Crippen LogP contribution in [0.3, 0.4) is 0 Å². The van der Waals surface area contributed by atoms with Gasteiger partial charge in [-0.05, 0) is 6.92 Å². The number of aromatic amines is 1. The van der Waals surface area contributed by atoms with Crippen molar-refractivity contribution < 1.29 is 13.2 Å². The summed E-state index contributed by atoms with van der Waals surface area (Å²) in [6, 6.07) is 0.626. The van der Waals surface area contributed by atoms with Gasteiger partial charge >= 0.3 is 0 Å². The van der Waals surface area contributed by atoms with Crippen LogP contribution < -0.4 is 5.56 Å². The van der Waals surface area contributed by atoms with E-state index >= 15 is 0 Å². The van der Waals surface area contributed by atoms with Crippen molar-refractivity contribution >= 4 is 0 Å². The topological polar surface area (TPSA) is 32.9 Å². The van der Waals surface area contributed by atoms with Crippen LogP contribution in [0.4, 0.5) is 13.2 Å². The number of nitrogens with one attached hydrogen (secondary N) is 1. The van der Waals surface area contributed by atoms with Gasteiger partial charge in [-0.15, -0.1) is 0 Å². The molecule has 0 radical (unpaired) electrons. The van der Waals surface area contributed by atoms with Gasteiger partial charge in [-0.2, -0.15) is 4.39 Å². The SMILES string of the molecule is Cc1c(C(F)F)cc(F)[nH]c1=O. The molecule has 1 aromatic heterocycles. The summed E-state index contributed by atoms with van der Waals surface area (Å²) < 4.78 is 36.5. The van der Waals surface area contributed by atoms with Gasteiger partial charge in [0, 0.05) is 17.2 Å². The van der Waals surface area contributed by atoms with Crippen molar-refractivity contribution in [3.8, 4) is 0 Å². The molecule has 0 atom stereocenters. The van der Waals surface area contributed by atoms with E-state index < -0.39 is 23.5 Å². The Balaban J connectivity index is 3.38. The summed E-state index contributed by atoms with van der Waals surface area (Å²) in [7, 11) is 0. The maximum Gasteiger partial charge on any atom is 0.264 e.